The summed E-state index contributed by atoms with van der Waals surface area (Å²) in [7, 11) is -2.89. The fourth-order valence-electron chi connectivity index (χ4n) is 4.84. The molecule has 43 heavy (non-hydrogen) atoms. The van der Waals surface area contributed by atoms with Crippen molar-refractivity contribution in [3.8, 4) is 33.7 Å². The molecule has 1 aliphatic carbocycles. The van der Waals surface area contributed by atoms with Crippen LogP contribution in [-0.4, -0.2) is 41.8 Å². The Balaban J connectivity index is 1.70. The highest BCUT2D eigenvalue weighted by atomic mass is 32.2. The summed E-state index contributed by atoms with van der Waals surface area (Å²) >= 11 is 1.40. The van der Waals surface area contributed by atoms with Crippen molar-refractivity contribution < 1.29 is 27.4 Å². The maximum absolute atomic E-state index is 14.9. The number of esters is 1. The molecular weight excluding hydrogens is 590 g/mol. The van der Waals surface area contributed by atoms with Gasteiger partial charge in [-0.25, -0.2) is 27.7 Å². The predicted molar refractivity (Wildman–Crippen MR) is 164 cm³/mol. The number of thiazole rings is 1. The molecule has 0 aliphatic heterocycles. The average Bonchev–Trinajstić information content (AvgIpc) is 3.58. The van der Waals surface area contributed by atoms with Crippen LogP contribution in [0.25, 0.3) is 21.8 Å². The minimum Gasteiger partial charge on any atom is -0.464 e. The molecule has 0 radical (unpaired) electrons. The van der Waals surface area contributed by atoms with E-state index in [9.17, 15) is 22.7 Å². The molecule has 0 amide bonds. The highest BCUT2D eigenvalue weighted by Crippen LogP contribution is 2.41. The number of nitrogens with zero attached hydrogens (tertiary/aromatic N) is 2. The monoisotopic (exact) mass is 621 g/mol. The highest BCUT2D eigenvalue weighted by molar-refractivity contribution is 7.89. The maximum atomic E-state index is 14.9. The van der Waals surface area contributed by atoms with E-state index in [1.807, 2.05) is 37.3 Å². The van der Waals surface area contributed by atoms with Crippen LogP contribution in [0.1, 0.15) is 58.9 Å². The standard InChI is InChI=1S/C32H32FN3O5S2/c1-19-29(31(37)41-4)35-30(42-19)24-17-26(23-7-5-6-20(14-23)12-13-32(2,3)38)36(27(24)16-21-8-9-21)18-22-10-11-28(25(33)15-22)43(34,39)40/h5-7,10-11,14-15,17,21,38H,8-9,16,18H2,1-4H3,(H2,34,39,40). The number of benzene rings is 2. The van der Waals surface area contributed by atoms with E-state index >= 15 is 0 Å². The number of carbonyl (C=O) groups is 1. The van der Waals surface area contributed by atoms with Crippen LogP contribution in [0.5, 0.6) is 0 Å². The number of aryl methyl sites for hydroxylation is 1. The van der Waals surface area contributed by atoms with Crippen molar-refractivity contribution in [2.75, 3.05) is 7.11 Å². The van der Waals surface area contributed by atoms with Gasteiger partial charge in [0.25, 0.3) is 0 Å². The van der Waals surface area contributed by atoms with Crippen molar-refractivity contribution in [1.82, 2.24) is 9.55 Å². The van der Waals surface area contributed by atoms with E-state index in [4.69, 9.17) is 9.88 Å². The van der Waals surface area contributed by atoms with E-state index < -0.39 is 32.3 Å². The van der Waals surface area contributed by atoms with Gasteiger partial charge in [-0.3, -0.25) is 0 Å². The molecule has 0 atom stereocenters. The lowest BCUT2D eigenvalue weighted by atomic mass is 10.1. The molecular formula is C32H32FN3O5S2. The molecule has 8 nitrogen and oxygen atoms in total. The number of carbonyl (C=O) groups excluding carboxylic acids is 1. The maximum Gasteiger partial charge on any atom is 0.357 e. The number of sulfonamides is 1. The van der Waals surface area contributed by atoms with Crippen molar-refractivity contribution in [2.45, 2.75) is 57.1 Å². The summed E-state index contributed by atoms with van der Waals surface area (Å²) in [4.78, 5) is 17.2. The molecule has 0 bridgehead atoms. The van der Waals surface area contributed by atoms with Crippen LogP contribution >= 0.6 is 11.3 Å². The van der Waals surface area contributed by atoms with Gasteiger partial charge in [-0.2, -0.15) is 0 Å². The van der Waals surface area contributed by atoms with Crippen LogP contribution < -0.4 is 5.14 Å². The fraction of sp³-hybridized carbons (Fsp3) is 0.312. The minimum atomic E-state index is -4.21. The van der Waals surface area contributed by atoms with E-state index in [0.717, 1.165) is 46.7 Å². The Bertz CT molecular complexity index is 1890. The third kappa shape index (κ3) is 7.05. The molecule has 4 aromatic rings. The third-order valence-electron chi connectivity index (χ3n) is 7.11. The van der Waals surface area contributed by atoms with E-state index in [0.29, 0.717) is 22.1 Å². The molecule has 5 rings (SSSR count). The first-order valence-corrected chi connectivity index (χ1v) is 16.1. The Hall–Kier alpha value is -3.82. The molecule has 1 saturated carbocycles. The van der Waals surface area contributed by atoms with Crippen LogP contribution in [0.15, 0.2) is 53.4 Å². The quantitative estimate of drug-likeness (QED) is 0.204. The van der Waals surface area contributed by atoms with Gasteiger partial charge in [-0.15, -0.1) is 11.3 Å². The molecule has 2 aromatic heterocycles. The van der Waals surface area contributed by atoms with Crippen molar-refractivity contribution >= 4 is 27.3 Å². The van der Waals surface area contributed by atoms with Crippen LogP contribution in [0.2, 0.25) is 0 Å². The largest absolute Gasteiger partial charge is 0.464 e. The average molecular weight is 622 g/mol. The lowest BCUT2D eigenvalue weighted by Crippen LogP contribution is -2.15. The molecule has 2 heterocycles. The Kier molecular flexibility index (Phi) is 8.33. The number of nitrogens with two attached hydrogens (primary N) is 1. The Labute approximate surface area is 254 Å². The van der Waals surface area contributed by atoms with E-state index in [-0.39, 0.29) is 12.2 Å². The van der Waals surface area contributed by atoms with Crippen molar-refractivity contribution in [3.63, 3.8) is 0 Å². The summed E-state index contributed by atoms with van der Waals surface area (Å²) in [5.74, 6) is 4.92. The van der Waals surface area contributed by atoms with E-state index in [1.165, 1.54) is 30.6 Å². The van der Waals surface area contributed by atoms with Gasteiger partial charge in [0.2, 0.25) is 10.0 Å². The van der Waals surface area contributed by atoms with E-state index in [1.54, 1.807) is 19.9 Å². The Morgan fingerprint density at radius 3 is 2.60 bits per heavy atom. The zero-order valence-corrected chi connectivity index (χ0v) is 25.9. The predicted octanol–water partition coefficient (Wildman–Crippen LogP) is 5.28. The van der Waals surface area contributed by atoms with Gasteiger partial charge in [0.05, 0.1) is 7.11 Å². The molecule has 2 aromatic carbocycles. The lowest BCUT2D eigenvalue weighted by molar-refractivity contribution is 0.0594. The zero-order valence-electron chi connectivity index (χ0n) is 24.3. The number of primary sulfonamides is 1. The Morgan fingerprint density at radius 2 is 1.98 bits per heavy atom. The summed E-state index contributed by atoms with van der Waals surface area (Å²) in [6.07, 6.45) is 2.92. The molecule has 0 unspecified atom stereocenters. The summed E-state index contributed by atoms with van der Waals surface area (Å²) < 4.78 is 45.6. The second-order valence-corrected chi connectivity index (χ2v) is 14.0. The summed E-state index contributed by atoms with van der Waals surface area (Å²) in [5, 5.41) is 16.0. The van der Waals surface area contributed by atoms with Gasteiger partial charge < -0.3 is 14.4 Å². The number of hydrogen-bond acceptors (Lipinski definition) is 7. The highest BCUT2D eigenvalue weighted by Gasteiger charge is 2.29. The number of aromatic nitrogens is 2. The number of methoxy groups -OCH3 is 1. The summed E-state index contributed by atoms with van der Waals surface area (Å²) in [6, 6.07) is 13.6. The molecule has 0 saturated heterocycles. The topological polar surface area (TPSA) is 125 Å². The van der Waals surface area contributed by atoms with Crippen LogP contribution in [-0.2, 0) is 27.7 Å². The minimum absolute atomic E-state index is 0.243. The molecule has 11 heteroatoms. The summed E-state index contributed by atoms with van der Waals surface area (Å²) in [6.45, 7) is 5.30. The summed E-state index contributed by atoms with van der Waals surface area (Å²) in [5.41, 5.74) is 3.86. The normalized spacial score (nSPS) is 13.5. The number of ether oxygens (including phenoxy) is 1. The van der Waals surface area contributed by atoms with Crippen LogP contribution in [0, 0.1) is 30.5 Å². The first-order valence-electron chi connectivity index (χ1n) is 13.7. The SMILES string of the molecule is COC(=O)c1nc(-c2cc(-c3cccc(C#CC(C)(C)O)c3)n(Cc3ccc(S(N)(=O)=O)c(F)c3)c2CC2CC2)sc1C. The molecule has 224 valence electrons. The second kappa shape index (κ2) is 11.7. The molecule has 1 aliphatic rings. The van der Waals surface area contributed by atoms with Gasteiger partial charge in [0.15, 0.2) is 5.69 Å². The Morgan fingerprint density at radius 1 is 1.23 bits per heavy atom. The zero-order chi connectivity index (χ0) is 31.1. The second-order valence-electron chi connectivity index (χ2n) is 11.2. The van der Waals surface area contributed by atoms with Crippen molar-refractivity contribution in [2.24, 2.45) is 11.1 Å². The van der Waals surface area contributed by atoms with Gasteiger partial charge in [0, 0.05) is 33.9 Å². The fourth-order valence-corrected chi connectivity index (χ4v) is 6.37. The van der Waals surface area contributed by atoms with Crippen LogP contribution in [0.3, 0.4) is 0 Å². The number of rotatable bonds is 8. The van der Waals surface area contributed by atoms with Gasteiger partial charge >= 0.3 is 5.97 Å². The van der Waals surface area contributed by atoms with Crippen molar-refractivity contribution in [1.29, 1.82) is 0 Å². The lowest BCUT2D eigenvalue weighted by Gasteiger charge is -2.16. The van der Waals surface area contributed by atoms with Crippen molar-refractivity contribution in [3.05, 3.63) is 81.7 Å². The number of halogens is 1. The number of hydrogen-bond donors (Lipinski definition) is 2. The molecule has 0 spiro atoms. The van der Waals surface area contributed by atoms with E-state index in [2.05, 4.69) is 21.4 Å². The first-order chi connectivity index (χ1) is 20.2. The van der Waals surface area contributed by atoms with Crippen LogP contribution in [0.4, 0.5) is 4.39 Å². The number of aliphatic hydroxyl groups is 1. The van der Waals surface area contributed by atoms with Gasteiger partial charge in [0.1, 0.15) is 21.3 Å². The molecule has 1 fully saturated rings. The first kappa shape index (κ1) is 30.6. The molecule has 3 N–H and O–H groups in total. The smallest absolute Gasteiger partial charge is 0.357 e. The van der Waals surface area contributed by atoms with Gasteiger partial charge in [-0.05, 0) is 87.4 Å². The van der Waals surface area contributed by atoms with Gasteiger partial charge in [-0.1, -0.05) is 30.0 Å². The third-order valence-corrected chi connectivity index (χ3v) is 9.06.